The number of rotatable bonds is 5. The van der Waals surface area contributed by atoms with Crippen molar-refractivity contribution in [1.82, 2.24) is 4.98 Å². The molecular weight excluding hydrogens is 252 g/mol. The van der Waals surface area contributed by atoms with Gasteiger partial charge < -0.3 is 19.8 Å². The summed E-state index contributed by atoms with van der Waals surface area (Å²) >= 11 is 6.17. The monoisotopic (exact) mass is 266 g/mol. The van der Waals surface area contributed by atoms with Gasteiger partial charge >= 0.3 is 0 Å². The van der Waals surface area contributed by atoms with Crippen molar-refractivity contribution in [3.63, 3.8) is 0 Å². The molecule has 0 aliphatic carbocycles. The van der Waals surface area contributed by atoms with Gasteiger partial charge in [0.1, 0.15) is 0 Å². The molecule has 0 fully saturated rings. The van der Waals surface area contributed by atoms with Crippen LogP contribution >= 0.6 is 11.6 Å². The highest BCUT2D eigenvalue weighted by Gasteiger charge is 2.09. The Morgan fingerprint density at radius 2 is 1.94 bits per heavy atom. The van der Waals surface area contributed by atoms with E-state index in [1.807, 2.05) is 24.4 Å². The zero-order valence-electron chi connectivity index (χ0n) is 10.3. The van der Waals surface area contributed by atoms with Crippen molar-refractivity contribution in [3.8, 4) is 11.5 Å². The molecule has 0 aliphatic rings. The Hall–Kier alpha value is -1.81. The summed E-state index contributed by atoms with van der Waals surface area (Å²) < 4.78 is 10.4. The van der Waals surface area contributed by atoms with Gasteiger partial charge in [0.15, 0.2) is 11.5 Å². The van der Waals surface area contributed by atoms with Crippen molar-refractivity contribution >= 4 is 17.3 Å². The van der Waals surface area contributed by atoms with E-state index < -0.39 is 0 Å². The number of benzene rings is 1. The van der Waals surface area contributed by atoms with Crippen LogP contribution in [0.5, 0.6) is 11.5 Å². The van der Waals surface area contributed by atoms with Gasteiger partial charge in [0.25, 0.3) is 0 Å². The van der Waals surface area contributed by atoms with Crippen LogP contribution in [0.2, 0.25) is 5.02 Å². The maximum Gasteiger partial charge on any atom is 0.162 e. The van der Waals surface area contributed by atoms with Crippen molar-refractivity contribution in [2.75, 3.05) is 19.5 Å². The SMILES string of the molecule is COc1cc(Cl)c(NCc2ccc[nH]2)cc1OC. The number of methoxy groups -OCH3 is 2. The average molecular weight is 267 g/mol. The molecule has 0 spiro atoms. The fraction of sp³-hybridized carbons (Fsp3) is 0.231. The molecule has 0 saturated heterocycles. The van der Waals surface area contributed by atoms with Gasteiger partial charge in [-0.05, 0) is 12.1 Å². The first-order valence-corrected chi connectivity index (χ1v) is 5.90. The molecule has 96 valence electrons. The molecule has 0 atom stereocenters. The zero-order valence-corrected chi connectivity index (χ0v) is 11.0. The van der Waals surface area contributed by atoms with E-state index in [0.717, 1.165) is 11.4 Å². The third kappa shape index (κ3) is 2.71. The minimum absolute atomic E-state index is 0.596. The minimum atomic E-state index is 0.596. The Morgan fingerprint density at radius 1 is 1.22 bits per heavy atom. The van der Waals surface area contributed by atoms with Crippen LogP contribution in [0.15, 0.2) is 30.5 Å². The van der Waals surface area contributed by atoms with E-state index in [9.17, 15) is 0 Å². The van der Waals surface area contributed by atoms with E-state index >= 15 is 0 Å². The van der Waals surface area contributed by atoms with Crippen LogP contribution in [0, 0.1) is 0 Å². The highest BCUT2D eigenvalue weighted by atomic mass is 35.5. The van der Waals surface area contributed by atoms with Crippen molar-refractivity contribution < 1.29 is 9.47 Å². The first-order valence-electron chi connectivity index (χ1n) is 5.52. The summed E-state index contributed by atoms with van der Waals surface area (Å²) in [6, 6.07) is 7.51. The maximum atomic E-state index is 6.17. The van der Waals surface area contributed by atoms with Gasteiger partial charge in [-0.3, -0.25) is 0 Å². The number of anilines is 1. The lowest BCUT2D eigenvalue weighted by molar-refractivity contribution is 0.355. The van der Waals surface area contributed by atoms with E-state index in [2.05, 4.69) is 10.3 Å². The van der Waals surface area contributed by atoms with E-state index in [1.165, 1.54) is 0 Å². The number of halogens is 1. The second kappa shape index (κ2) is 5.69. The standard InChI is InChI=1S/C13H15ClN2O2/c1-17-12-6-10(14)11(7-13(12)18-2)16-8-9-4-3-5-15-9/h3-7,15-16H,8H2,1-2H3. The zero-order chi connectivity index (χ0) is 13.0. The number of hydrogen-bond donors (Lipinski definition) is 2. The fourth-order valence-electron chi connectivity index (χ4n) is 1.66. The average Bonchev–Trinajstić information content (AvgIpc) is 2.90. The Morgan fingerprint density at radius 3 is 2.56 bits per heavy atom. The van der Waals surface area contributed by atoms with Gasteiger partial charge in [-0.2, -0.15) is 0 Å². The molecule has 0 saturated carbocycles. The maximum absolute atomic E-state index is 6.17. The van der Waals surface area contributed by atoms with Gasteiger partial charge in [-0.15, -0.1) is 0 Å². The molecule has 0 unspecified atom stereocenters. The molecule has 1 heterocycles. The Bertz CT molecular complexity index is 512. The predicted octanol–water partition coefficient (Wildman–Crippen LogP) is 3.30. The minimum Gasteiger partial charge on any atom is -0.493 e. The van der Waals surface area contributed by atoms with E-state index in [4.69, 9.17) is 21.1 Å². The van der Waals surface area contributed by atoms with Gasteiger partial charge in [0.2, 0.25) is 0 Å². The van der Waals surface area contributed by atoms with Gasteiger partial charge in [-0.25, -0.2) is 0 Å². The van der Waals surface area contributed by atoms with Gasteiger partial charge in [-0.1, -0.05) is 11.6 Å². The highest BCUT2D eigenvalue weighted by Crippen LogP contribution is 2.36. The Kier molecular flexibility index (Phi) is 3.99. The lowest BCUT2D eigenvalue weighted by Crippen LogP contribution is -2.01. The van der Waals surface area contributed by atoms with Crippen LogP contribution < -0.4 is 14.8 Å². The van der Waals surface area contributed by atoms with Crippen LogP contribution in [0.25, 0.3) is 0 Å². The number of hydrogen-bond acceptors (Lipinski definition) is 3. The summed E-state index contributed by atoms with van der Waals surface area (Å²) in [5.41, 5.74) is 1.89. The molecule has 1 aromatic heterocycles. The second-order valence-electron chi connectivity index (χ2n) is 3.74. The molecule has 0 radical (unpaired) electrons. The third-order valence-electron chi connectivity index (χ3n) is 2.60. The molecule has 0 bridgehead atoms. The van der Waals surface area contributed by atoms with Crippen LogP contribution in [0.3, 0.4) is 0 Å². The number of H-pyrrole nitrogens is 1. The lowest BCUT2D eigenvalue weighted by Gasteiger charge is -2.12. The summed E-state index contributed by atoms with van der Waals surface area (Å²) in [7, 11) is 3.18. The largest absolute Gasteiger partial charge is 0.493 e. The van der Waals surface area contributed by atoms with E-state index in [0.29, 0.717) is 23.1 Å². The number of ether oxygens (including phenoxy) is 2. The van der Waals surface area contributed by atoms with Gasteiger partial charge in [0, 0.05) is 24.0 Å². The van der Waals surface area contributed by atoms with E-state index in [1.54, 1.807) is 20.3 Å². The van der Waals surface area contributed by atoms with Crippen LogP contribution in [0.1, 0.15) is 5.69 Å². The highest BCUT2D eigenvalue weighted by molar-refractivity contribution is 6.33. The molecule has 2 aromatic rings. The molecule has 18 heavy (non-hydrogen) atoms. The fourth-order valence-corrected chi connectivity index (χ4v) is 1.88. The Balaban J connectivity index is 2.17. The number of aromatic nitrogens is 1. The molecule has 2 rings (SSSR count). The molecule has 0 amide bonds. The van der Waals surface area contributed by atoms with Crippen molar-refractivity contribution in [3.05, 3.63) is 41.2 Å². The van der Waals surface area contributed by atoms with E-state index in [-0.39, 0.29) is 0 Å². The first-order chi connectivity index (χ1) is 8.74. The normalized spacial score (nSPS) is 10.2. The number of aromatic amines is 1. The third-order valence-corrected chi connectivity index (χ3v) is 2.92. The molecule has 4 nitrogen and oxygen atoms in total. The lowest BCUT2D eigenvalue weighted by atomic mass is 10.2. The van der Waals surface area contributed by atoms with Crippen molar-refractivity contribution in [1.29, 1.82) is 0 Å². The summed E-state index contributed by atoms with van der Waals surface area (Å²) in [6.07, 6.45) is 1.88. The molecule has 0 aliphatic heterocycles. The van der Waals surface area contributed by atoms with Crippen molar-refractivity contribution in [2.24, 2.45) is 0 Å². The van der Waals surface area contributed by atoms with Crippen LogP contribution in [-0.2, 0) is 6.54 Å². The van der Waals surface area contributed by atoms with Crippen LogP contribution in [0.4, 0.5) is 5.69 Å². The summed E-state index contributed by atoms with van der Waals surface area (Å²) in [6.45, 7) is 0.669. The quantitative estimate of drug-likeness (QED) is 0.873. The summed E-state index contributed by atoms with van der Waals surface area (Å²) in [5.74, 6) is 1.27. The molecule has 5 heteroatoms. The first kappa shape index (κ1) is 12.6. The van der Waals surface area contributed by atoms with Crippen LogP contribution in [-0.4, -0.2) is 19.2 Å². The van der Waals surface area contributed by atoms with Gasteiger partial charge in [0.05, 0.1) is 31.5 Å². The predicted molar refractivity (Wildman–Crippen MR) is 72.7 cm³/mol. The summed E-state index contributed by atoms with van der Waals surface area (Å²) in [5, 5.41) is 3.84. The Labute approximate surface area is 111 Å². The molecular formula is C13H15ClN2O2. The molecule has 2 N–H and O–H groups in total. The van der Waals surface area contributed by atoms with Crippen molar-refractivity contribution in [2.45, 2.75) is 6.54 Å². The number of nitrogens with one attached hydrogen (secondary N) is 2. The molecule has 1 aromatic carbocycles. The smallest absolute Gasteiger partial charge is 0.162 e. The second-order valence-corrected chi connectivity index (χ2v) is 4.14. The topological polar surface area (TPSA) is 46.3 Å². The summed E-state index contributed by atoms with van der Waals surface area (Å²) in [4.78, 5) is 3.12.